The van der Waals surface area contributed by atoms with E-state index in [9.17, 15) is 19.5 Å². The fraction of sp³-hybridized carbons (Fsp3) is 0.255. The van der Waals surface area contributed by atoms with Crippen LogP contribution in [0.15, 0.2) is 128 Å². The summed E-state index contributed by atoms with van der Waals surface area (Å²) in [4.78, 5) is 64.8. The number of likely N-dealkylation sites (tertiary alicyclic amines) is 2. The smallest absolute Gasteiger partial charge is 0.407 e. The number of imidazole rings is 2. The lowest BCUT2D eigenvalue weighted by Gasteiger charge is -2.29. The molecule has 0 spiro atoms. The lowest BCUT2D eigenvalue weighted by molar-refractivity contribution is -0.143. The maximum atomic E-state index is 13.9. The Bertz CT molecular complexity index is 2890. The first-order valence-corrected chi connectivity index (χ1v) is 21.9. The highest BCUT2D eigenvalue weighted by Crippen LogP contribution is 2.36. The zero-order chi connectivity index (χ0) is 45.6. The van der Waals surface area contributed by atoms with Gasteiger partial charge >= 0.3 is 6.09 Å². The molecule has 0 saturated carbocycles. The molecule has 334 valence electrons. The predicted octanol–water partition coefficient (Wildman–Crippen LogP) is 7.09. The minimum Gasteiger partial charge on any atom is -0.453 e. The number of carbonyl (C=O) groups excluding carboxylic acids is 3. The van der Waals surface area contributed by atoms with E-state index in [1.54, 1.807) is 23.5 Å². The van der Waals surface area contributed by atoms with Gasteiger partial charge in [0, 0.05) is 48.5 Å². The van der Waals surface area contributed by atoms with Gasteiger partial charge < -0.3 is 39.7 Å². The van der Waals surface area contributed by atoms with Crippen LogP contribution in [0.25, 0.3) is 33.4 Å². The van der Waals surface area contributed by atoms with Crippen molar-refractivity contribution >= 4 is 28.8 Å². The lowest BCUT2D eigenvalue weighted by atomic mass is 10.0. The van der Waals surface area contributed by atoms with Gasteiger partial charge in [-0.2, -0.15) is 0 Å². The Morgan fingerprint density at radius 2 is 1.24 bits per heavy atom. The Morgan fingerprint density at radius 1 is 0.682 bits per heavy atom. The van der Waals surface area contributed by atoms with Crippen LogP contribution < -0.4 is 10.6 Å². The summed E-state index contributed by atoms with van der Waals surface area (Å²) in [6.45, 7) is 1.11. The number of aliphatic hydroxyl groups excluding tert-OH is 1. The van der Waals surface area contributed by atoms with Crippen molar-refractivity contribution in [1.29, 1.82) is 0 Å². The zero-order valence-corrected chi connectivity index (χ0v) is 36.5. The van der Waals surface area contributed by atoms with E-state index in [1.807, 2.05) is 108 Å². The summed E-state index contributed by atoms with van der Waals surface area (Å²) in [5.41, 5.74) is 7.29. The van der Waals surface area contributed by atoms with E-state index in [0.717, 1.165) is 75.8 Å². The van der Waals surface area contributed by atoms with E-state index in [-0.39, 0.29) is 23.9 Å². The molecular formula is C51H49N9O6. The second kappa shape index (κ2) is 19.6. The number of amides is 3. The third kappa shape index (κ3) is 9.43. The summed E-state index contributed by atoms with van der Waals surface area (Å²) in [5.74, 6) is 7.54. The number of methoxy groups -OCH3 is 2. The molecule has 0 aliphatic carbocycles. The molecule has 2 fully saturated rings. The first-order valence-electron chi connectivity index (χ1n) is 21.9. The molecule has 9 rings (SSSR count). The molecule has 5 N–H and O–H groups in total. The predicted molar refractivity (Wildman–Crippen MR) is 247 cm³/mol. The number of aromatic amines is 2. The number of hydrogen-bond acceptors (Lipinski definition) is 10. The summed E-state index contributed by atoms with van der Waals surface area (Å²) in [5, 5.41) is 16.8. The molecule has 2 aliphatic rings. The second-order valence-corrected chi connectivity index (χ2v) is 16.3. The maximum Gasteiger partial charge on any atom is 0.407 e. The second-order valence-electron chi connectivity index (χ2n) is 16.3. The average molecular weight is 884 g/mol. The Hall–Kier alpha value is -7.64. The number of hydrogen-bond donors (Lipinski definition) is 5. The molecule has 5 atom stereocenters. The third-order valence-corrected chi connectivity index (χ3v) is 12.2. The van der Waals surface area contributed by atoms with Gasteiger partial charge in [-0.3, -0.25) is 19.9 Å². The Labute approximate surface area is 381 Å². The molecule has 66 heavy (non-hydrogen) atoms. The summed E-state index contributed by atoms with van der Waals surface area (Å²) in [6.07, 6.45) is 6.51. The zero-order valence-electron chi connectivity index (χ0n) is 36.5. The van der Waals surface area contributed by atoms with Crippen molar-refractivity contribution in [2.75, 3.05) is 27.3 Å². The van der Waals surface area contributed by atoms with Crippen LogP contribution in [0.4, 0.5) is 4.79 Å². The van der Waals surface area contributed by atoms with Crippen molar-refractivity contribution in [3.63, 3.8) is 0 Å². The minimum atomic E-state index is -1.30. The van der Waals surface area contributed by atoms with E-state index in [1.165, 1.54) is 14.2 Å². The van der Waals surface area contributed by atoms with Crippen LogP contribution in [0.5, 0.6) is 0 Å². The van der Waals surface area contributed by atoms with Gasteiger partial charge in [-0.1, -0.05) is 90.7 Å². The molecule has 3 amide bonds. The molecule has 15 heteroatoms. The van der Waals surface area contributed by atoms with Gasteiger partial charge in [0.2, 0.25) is 12.3 Å². The van der Waals surface area contributed by atoms with E-state index >= 15 is 0 Å². The molecule has 1 unspecified atom stereocenters. The molecule has 7 aromatic rings. The van der Waals surface area contributed by atoms with Crippen molar-refractivity contribution in [1.82, 2.24) is 45.4 Å². The molecule has 4 aromatic carbocycles. The number of aromatic nitrogens is 5. The van der Waals surface area contributed by atoms with Crippen LogP contribution in [-0.4, -0.2) is 91.5 Å². The minimum absolute atomic E-state index is 0.161. The Balaban J connectivity index is 0.848. The SMILES string of the molecule is COC(=O)N[C@H](C(=O)N1CCC[C@H]1c1ncc(-c2cnc3cc(C#Cc4ccc(-c5cnc([C@@H]6CCCN6C(=O)[C@@H](NC(O)OC)c6ccccc6)[nH]5)cc4)ccc3c2)[nH]1)c1ccccc1. The van der Waals surface area contributed by atoms with Gasteiger partial charge in [-0.15, -0.1) is 0 Å². The number of H-pyrrole nitrogens is 2. The van der Waals surface area contributed by atoms with Crippen LogP contribution in [0.1, 0.15) is 83.8 Å². The first-order chi connectivity index (χ1) is 32.3. The van der Waals surface area contributed by atoms with Crippen LogP contribution in [0, 0.1) is 11.8 Å². The monoisotopic (exact) mass is 883 g/mol. The number of aliphatic hydroxyl groups is 1. The van der Waals surface area contributed by atoms with Crippen LogP contribution in [0.2, 0.25) is 0 Å². The maximum absolute atomic E-state index is 13.9. The fourth-order valence-electron chi connectivity index (χ4n) is 8.77. The molecule has 0 bridgehead atoms. The average Bonchev–Trinajstić information content (AvgIpc) is 4.22. The number of nitrogens with one attached hydrogen (secondary N) is 4. The van der Waals surface area contributed by atoms with Gasteiger partial charge in [0.25, 0.3) is 5.91 Å². The number of ether oxygens (including phenoxy) is 2. The first kappa shape index (κ1) is 43.6. The highest BCUT2D eigenvalue weighted by Gasteiger charge is 2.38. The molecule has 2 aliphatic heterocycles. The molecule has 15 nitrogen and oxygen atoms in total. The van der Waals surface area contributed by atoms with Crippen LogP contribution in [0.3, 0.4) is 0 Å². The topological polar surface area (TPSA) is 191 Å². The standard InChI is InChI=1S/C51H49N9O6/c1-65-50(63)57-44(35-11-5-3-6-12-35)48(61)59-25-9-15-42(59)46-53-30-40(55-46)34-22-19-32(20-23-34)17-18-33-21-24-37-28-38(29-52-39(37)27-33)41-31-54-47(56-41)43-16-10-26-60(43)49(62)45(58-51(64)66-2)36-13-7-4-8-14-36/h3-8,11-14,19-24,27-31,42-45,50,57,63H,9-10,15-16,25-26H2,1-2H3,(H,53,55)(H,54,56)(H,58,64)/t42-,43-,44-,45-,50?/m0/s1. The third-order valence-electron chi connectivity index (χ3n) is 12.2. The summed E-state index contributed by atoms with van der Waals surface area (Å²) in [6, 6.07) is 32.2. The number of carbonyl (C=O) groups is 3. The van der Waals surface area contributed by atoms with Crippen molar-refractivity contribution in [2.24, 2.45) is 0 Å². The quantitative estimate of drug-likeness (QED) is 0.0626. The number of rotatable bonds is 12. The van der Waals surface area contributed by atoms with E-state index < -0.39 is 24.6 Å². The van der Waals surface area contributed by atoms with Crippen molar-refractivity contribution in [3.8, 4) is 34.4 Å². The Morgan fingerprint density at radius 3 is 1.85 bits per heavy atom. The number of alkyl carbamates (subject to hydrolysis) is 1. The molecular weight excluding hydrogens is 835 g/mol. The largest absolute Gasteiger partial charge is 0.453 e. The summed E-state index contributed by atoms with van der Waals surface area (Å²) >= 11 is 0. The normalized spacial score (nSPS) is 17.2. The molecule has 5 heterocycles. The molecule has 2 saturated heterocycles. The fourth-order valence-corrected chi connectivity index (χ4v) is 8.77. The van der Waals surface area contributed by atoms with Crippen molar-refractivity contribution in [3.05, 3.63) is 162 Å². The number of fused-ring (bicyclic) bond motifs is 1. The van der Waals surface area contributed by atoms with Gasteiger partial charge in [0.1, 0.15) is 23.7 Å². The highest BCUT2D eigenvalue weighted by atomic mass is 16.6. The van der Waals surface area contributed by atoms with Crippen LogP contribution in [-0.2, 0) is 19.1 Å². The van der Waals surface area contributed by atoms with E-state index in [2.05, 4.69) is 38.5 Å². The summed E-state index contributed by atoms with van der Waals surface area (Å²) in [7, 11) is 2.65. The number of pyridine rings is 1. The van der Waals surface area contributed by atoms with Crippen molar-refractivity contribution in [2.45, 2.75) is 56.3 Å². The van der Waals surface area contributed by atoms with Gasteiger partial charge in [0.15, 0.2) is 0 Å². The van der Waals surface area contributed by atoms with Gasteiger partial charge in [0.05, 0.1) is 48.5 Å². The van der Waals surface area contributed by atoms with Crippen LogP contribution >= 0.6 is 0 Å². The summed E-state index contributed by atoms with van der Waals surface area (Å²) < 4.78 is 9.85. The highest BCUT2D eigenvalue weighted by molar-refractivity contribution is 5.88. The van der Waals surface area contributed by atoms with Gasteiger partial charge in [-0.05, 0) is 72.7 Å². The lowest BCUT2D eigenvalue weighted by Crippen LogP contribution is -2.44. The van der Waals surface area contributed by atoms with Gasteiger partial charge in [-0.25, -0.2) is 14.8 Å². The number of nitrogens with zero attached hydrogens (tertiary/aromatic N) is 5. The van der Waals surface area contributed by atoms with E-state index in [0.29, 0.717) is 30.3 Å². The Kier molecular flexibility index (Phi) is 13.0. The molecule has 0 radical (unpaired) electrons. The van der Waals surface area contributed by atoms with Crippen molar-refractivity contribution < 1.29 is 29.0 Å². The number of benzene rings is 4. The molecule has 3 aromatic heterocycles. The van der Waals surface area contributed by atoms with E-state index in [4.69, 9.17) is 24.4 Å².